The monoisotopic (exact) mass is 460 g/mol. The Kier molecular flexibility index (Phi) is 6.53. The highest BCUT2D eigenvalue weighted by molar-refractivity contribution is 9.10. The fourth-order valence-corrected chi connectivity index (χ4v) is 3.87. The van der Waals surface area contributed by atoms with Gasteiger partial charge < -0.3 is 10.1 Å². The van der Waals surface area contributed by atoms with Gasteiger partial charge in [-0.2, -0.15) is 0 Å². The van der Waals surface area contributed by atoms with Crippen molar-refractivity contribution in [1.82, 2.24) is 10.2 Å². The van der Waals surface area contributed by atoms with Crippen LogP contribution in [-0.4, -0.2) is 42.2 Å². The first-order valence-corrected chi connectivity index (χ1v) is 10.0. The third-order valence-electron chi connectivity index (χ3n) is 4.01. The summed E-state index contributed by atoms with van der Waals surface area (Å²) in [6.07, 6.45) is 1.69. The molecule has 0 bridgehead atoms. The van der Waals surface area contributed by atoms with Crippen LogP contribution in [0.4, 0.5) is 4.79 Å². The number of amides is 3. The molecule has 0 aromatic heterocycles. The van der Waals surface area contributed by atoms with E-state index in [0.717, 1.165) is 22.2 Å². The minimum Gasteiger partial charge on any atom is -0.497 e. The fraction of sp³-hybridized carbons (Fsp3) is 0.150. The average molecular weight is 461 g/mol. The van der Waals surface area contributed by atoms with Crippen LogP contribution in [0.1, 0.15) is 15.9 Å². The summed E-state index contributed by atoms with van der Waals surface area (Å²) in [6.45, 7) is 0.253. The van der Waals surface area contributed by atoms with E-state index in [1.54, 1.807) is 24.3 Å². The highest BCUT2D eigenvalue weighted by Gasteiger charge is 2.34. The van der Waals surface area contributed by atoms with Crippen LogP contribution in [0.2, 0.25) is 0 Å². The maximum Gasteiger partial charge on any atom is 0.293 e. The van der Waals surface area contributed by atoms with Crippen LogP contribution in [0.3, 0.4) is 0 Å². The number of carbonyl (C=O) groups is 3. The van der Waals surface area contributed by atoms with Gasteiger partial charge in [0, 0.05) is 17.6 Å². The van der Waals surface area contributed by atoms with Crippen LogP contribution in [-0.2, 0) is 4.79 Å². The molecule has 3 amide bonds. The van der Waals surface area contributed by atoms with Gasteiger partial charge in [-0.25, -0.2) is 0 Å². The predicted octanol–water partition coefficient (Wildman–Crippen LogP) is 3.92. The molecule has 8 heteroatoms. The fourth-order valence-electron chi connectivity index (χ4n) is 2.58. The van der Waals surface area contributed by atoms with Crippen molar-refractivity contribution < 1.29 is 19.1 Å². The summed E-state index contributed by atoms with van der Waals surface area (Å²) < 4.78 is 5.75. The predicted molar refractivity (Wildman–Crippen MR) is 112 cm³/mol. The zero-order valence-electron chi connectivity index (χ0n) is 15.0. The van der Waals surface area contributed by atoms with Crippen molar-refractivity contribution in [1.29, 1.82) is 0 Å². The minimum absolute atomic E-state index is 0.101. The summed E-state index contributed by atoms with van der Waals surface area (Å²) in [7, 11) is 1.52. The van der Waals surface area contributed by atoms with E-state index < -0.39 is 0 Å². The van der Waals surface area contributed by atoms with Crippen LogP contribution >= 0.6 is 27.7 Å². The Labute approximate surface area is 175 Å². The Morgan fingerprint density at radius 3 is 2.68 bits per heavy atom. The van der Waals surface area contributed by atoms with Crippen molar-refractivity contribution in [3.8, 4) is 5.75 Å². The highest BCUT2D eigenvalue weighted by atomic mass is 79.9. The molecule has 1 fully saturated rings. The lowest BCUT2D eigenvalue weighted by Crippen LogP contribution is -2.37. The van der Waals surface area contributed by atoms with E-state index >= 15 is 0 Å². The number of hydrogen-bond donors (Lipinski definition) is 1. The van der Waals surface area contributed by atoms with Gasteiger partial charge >= 0.3 is 0 Å². The Morgan fingerprint density at radius 2 is 1.96 bits per heavy atom. The van der Waals surface area contributed by atoms with Gasteiger partial charge in [-0.3, -0.25) is 19.3 Å². The summed E-state index contributed by atoms with van der Waals surface area (Å²) >= 11 is 4.23. The molecule has 2 aromatic rings. The number of methoxy groups -OCH3 is 1. The highest BCUT2D eigenvalue weighted by Crippen LogP contribution is 2.31. The number of nitrogens with zero attached hydrogens (tertiary/aromatic N) is 1. The summed E-state index contributed by atoms with van der Waals surface area (Å²) in [5.41, 5.74) is 1.27. The molecule has 0 unspecified atom stereocenters. The van der Waals surface area contributed by atoms with Crippen molar-refractivity contribution in [2.45, 2.75) is 0 Å². The van der Waals surface area contributed by atoms with E-state index in [2.05, 4.69) is 21.2 Å². The molecule has 1 heterocycles. The van der Waals surface area contributed by atoms with Crippen LogP contribution in [0, 0.1) is 0 Å². The lowest BCUT2D eigenvalue weighted by Gasteiger charge is -2.13. The van der Waals surface area contributed by atoms with Crippen molar-refractivity contribution in [2.75, 3.05) is 20.2 Å². The van der Waals surface area contributed by atoms with Gasteiger partial charge in [0.15, 0.2) is 0 Å². The third kappa shape index (κ3) is 4.63. The molecule has 1 saturated heterocycles. The zero-order chi connectivity index (χ0) is 20.1. The summed E-state index contributed by atoms with van der Waals surface area (Å²) in [5.74, 6) is -0.112. The van der Waals surface area contributed by atoms with Gasteiger partial charge in [0.2, 0.25) is 0 Å². The van der Waals surface area contributed by atoms with Crippen molar-refractivity contribution in [3.05, 3.63) is 69.0 Å². The van der Waals surface area contributed by atoms with E-state index in [0.29, 0.717) is 20.7 Å². The second kappa shape index (κ2) is 9.07. The molecule has 28 heavy (non-hydrogen) atoms. The van der Waals surface area contributed by atoms with Crippen LogP contribution in [0.15, 0.2) is 57.9 Å². The second-order valence-electron chi connectivity index (χ2n) is 5.85. The molecule has 0 aliphatic carbocycles. The number of rotatable bonds is 6. The largest absolute Gasteiger partial charge is 0.497 e. The summed E-state index contributed by atoms with van der Waals surface area (Å²) in [5, 5.41) is 2.38. The van der Waals surface area contributed by atoms with Crippen LogP contribution in [0.25, 0.3) is 6.08 Å². The molecule has 1 aliphatic heterocycles. The number of nitrogens with one attached hydrogen (secondary N) is 1. The number of imide groups is 1. The molecule has 1 N–H and O–H groups in total. The topological polar surface area (TPSA) is 75.7 Å². The van der Waals surface area contributed by atoms with Gasteiger partial charge in [-0.15, -0.1) is 0 Å². The molecule has 3 rings (SSSR count). The number of thioether (sulfide) groups is 1. The standard InChI is InChI=1S/C20H17BrN2O4S/c1-27-14-7-8-16(21)15(12-14)18(24)22-9-10-23-19(25)17(28-20(23)26)11-13-5-3-2-4-6-13/h2-8,11-12H,9-10H2,1H3,(H,22,24). The number of ether oxygens (including phenoxy) is 1. The van der Waals surface area contributed by atoms with Gasteiger partial charge in [0.1, 0.15) is 5.75 Å². The molecule has 6 nitrogen and oxygen atoms in total. The van der Waals surface area contributed by atoms with E-state index in [4.69, 9.17) is 4.74 Å². The van der Waals surface area contributed by atoms with Gasteiger partial charge in [-0.1, -0.05) is 30.3 Å². The van der Waals surface area contributed by atoms with Crippen molar-refractivity contribution >= 4 is 50.8 Å². The zero-order valence-corrected chi connectivity index (χ0v) is 17.4. The Bertz CT molecular complexity index is 946. The van der Waals surface area contributed by atoms with E-state index in [1.807, 2.05) is 30.3 Å². The Balaban J connectivity index is 1.60. The number of benzene rings is 2. The maximum absolute atomic E-state index is 12.5. The molecule has 0 spiro atoms. The first-order chi connectivity index (χ1) is 13.5. The number of carbonyl (C=O) groups excluding carboxylic acids is 3. The third-order valence-corrected chi connectivity index (χ3v) is 5.61. The van der Waals surface area contributed by atoms with Crippen LogP contribution < -0.4 is 10.1 Å². The molecule has 0 radical (unpaired) electrons. The van der Waals surface area contributed by atoms with Gasteiger partial charge in [0.25, 0.3) is 17.1 Å². The van der Waals surface area contributed by atoms with Gasteiger partial charge in [-0.05, 0) is 57.5 Å². The molecular formula is C20H17BrN2O4S. The molecule has 144 valence electrons. The second-order valence-corrected chi connectivity index (χ2v) is 7.69. The lowest BCUT2D eigenvalue weighted by molar-refractivity contribution is -0.122. The molecule has 1 aliphatic rings. The molecule has 0 atom stereocenters. The van der Waals surface area contributed by atoms with Crippen molar-refractivity contribution in [3.63, 3.8) is 0 Å². The lowest BCUT2D eigenvalue weighted by atomic mass is 10.2. The molecule has 2 aromatic carbocycles. The van der Waals surface area contributed by atoms with E-state index in [9.17, 15) is 14.4 Å². The Morgan fingerprint density at radius 1 is 1.21 bits per heavy atom. The minimum atomic E-state index is -0.351. The first kappa shape index (κ1) is 20.2. The first-order valence-electron chi connectivity index (χ1n) is 8.42. The quantitative estimate of drug-likeness (QED) is 0.660. The summed E-state index contributed by atoms with van der Waals surface area (Å²) in [4.78, 5) is 38.5. The van der Waals surface area contributed by atoms with Gasteiger partial charge in [0.05, 0.1) is 17.6 Å². The molecular weight excluding hydrogens is 444 g/mol. The van der Waals surface area contributed by atoms with Crippen LogP contribution in [0.5, 0.6) is 5.75 Å². The molecule has 0 saturated carbocycles. The van der Waals surface area contributed by atoms with Crippen molar-refractivity contribution in [2.24, 2.45) is 0 Å². The smallest absolute Gasteiger partial charge is 0.293 e. The Hall–Kier alpha value is -2.58. The van der Waals surface area contributed by atoms with E-state index in [-0.39, 0.29) is 30.1 Å². The van der Waals surface area contributed by atoms with E-state index in [1.165, 1.54) is 7.11 Å². The SMILES string of the molecule is COc1ccc(Br)c(C(=O)NCCN2C(=O)SC(=Cc3ccccc3)C2=O)c1. The average Bonchev–Trinajstić information content (AvgIpc) is 2.96. The number of halogens is 1. The maximum atomic E-state index is 12.5. The summed E-state index contributed by atoms with van der Waals surface area (Å²) in [6, 6.07) is 14.4. The normalized spacial score (nSPS) is 15.2. The number of hydrogen-bond acceptors (Lipinski definition) is 5.